The number of hydrogen-bond acceptors (Lipinski definition) is 0. The van der Waals surface area contributed by atoms with Gasteiger partial charge in [0.05, 0.1) is 0 Å². The fraction of sp³-hybridized carbons (Fsp3) is 0. The largest absolute Gasteiger partial charge is 0.0616 e. The van der Waals surface area contributed by atoms with E-state index in [9.17, 15) is 0 Å². The second kappa shape index (κ2) is 10.7. The number of benzene rings is 10. The Kier molecular flexibility index (Phi) is 5.98. The lowest BCUT2D eigenvalue weighted by Crippen LogP contribution is -1.90. The molecule has 0 aliphatic carbocycles. The lowest BCUT2D eigenvalue weighted by Gasteiger charge is -2.17. The van der Waals surface area contributed by atoms with Gasteiger partial charge in [-0.2, -0.15) is 0 Å². The average molecular weight is 607 g/mol. The molecule has 0 amide bonds. The summed E-state index contributed by atoms with van der Waals surface area (Å²) < 4.78 is 0. The minimum Gasteiger partial charge on any atom is -0.0616 e. The number of fused-ring (bicyclic) bond motifs is 10. The first-order valence-corrected chi connectivity index (χ1v) is 16.7. The van der Waals surface area contributed by atoms with Crippen LogP contribution in [-0.2, 0) is 0 Å². The Morgan fingerprint density at radius 2 is 0.646 bits per heavy atom. The van der Waals surface area contributed by atoms with Crippen LogP contribution in [0.25, 0.3) is 98.0 Å². The van der Waals surface area contributed by atoms with Crippen LogP contribution in [0, 0.1) is 0 Å². The molecule has 0 aliphatic heterocycles. The van der Waals surface area contributed by atoms with Gasteiger partial charge < -0.3 is 0 Å². The monoisotopic (exact) mass is 606 g/mol. The van der Waals surface area contributed by atoms with Crippen LogP contribution in [-0.4, -0.2) is 0 Å². The van der Waals surface area contributed by atoms with Gasteiger partial charge in [0, 0.05) is 0 Å². The van der Waals surface area contributed by atoms with Crippen molar-refractivity contribution in [2.75, 3.05) is 0 Å². The molecule has 10 rings (SSSR count). The van der Waals surface area contributed by atoms with Crippen molar-refractivity contribution in [3.8, 4) is 33.4 Å². The van der Waals surface area contributed by atoms with Crippen molar-refractivity contribution in [1.82, 2.24) is 0 Å². The van der Waals surface area contributed by atoms with Crippen LogP contribution >= 0.6 is 0 Å². The zero-order chi connectivity index (χ0) is 31.6. The van der Waals surface area contributed by atoms with Gasteiger partial charge in [-0.3, -0.25) is 0 Å². The third-order valence-corrected chi connectivity index (χ3v) is 10.2. The van der Waals surface area contributed by atoms with Crippen molar-refractivity contribution in [3.63, 3.8) is 0 Å². The fourth-order valence-corrected chi connectivity index (χ4v) is 8.01. The third kappa shape index (κ3) is 4.10. The van der Waals surface area contributed by atoms with Crippen LogP contribution in [0.3, 0.4) is 0 Å². The second-order valence-corrected chi connectivity index (χ2v) is 12.8. The summed E-state index contributed by atoms with van der Waals surface area (Å²) in [6.45, 7) is 0. The van der Waals surface area contributed by atoms with Crippen molar-refractivity contribution < 1.29 is 0 Å². The molecule has 0 aromatic heterocycles. The Labute approximate surface area is 279 Å². The Hall–Kier alpha value is -6.24. The maximum atomic E-state index is 2.44. The molecule has 0 unspecified atom stereocenters. The molecular formula is C48H30. The molecule has 0 saturated carbocycles. The van der Waals surface area contributed by atoms with Gasteiger partial charge in [0.25, 0.3) is 0 Å². The Morgan fingerprint density at radius 1 is 0.208 bits per heavy atom. The van der Waals surface area contributed by atoms with Gasteiger partial charge in [0.1, 0.15) is 0 Å². The lowest BCUT2D eigenvalue weighted by molar-refractivity contribution is 1.63. The van der Waals surface area contributed by atoms with Crippen LogP contribution in [0.15, 0.2) is 182 Å². The zero-order valence-electron chi connectivity index (χ0n) is 26.3. The minimum atomic E-state index is 1.23. The highest BCUT2D eigenvalue weighted by Gasteiger charge is 2.16. The van der Waals surface area contributed by atoms with Gasteiger partial charge in [-0.05, 0) is 110 Å². The maximum absolute atomic E-state index is 2.44. The molecule has 0 saturated heterocycles. The quantitative estimate of drug-likeness (QED) is 0.176. The summed E-state index contributed by atoms with van der Waals surface area (Å²) in [6, 6.07) is 67.1. The summed E-state index contributed by atoms with van der Waals surface area (Å²) in [4.78, 5) is 0. The molecule has 222 valence electrons. The van der Waals surface area contributed by atoms with Crippen molar-refractivity contribution in [3.05, 3.63) is 182 Å². The van der Waals surface area contributed by atoms with Gasteiger partial charge in [-0.15, -0.1) is 0 Å². The first kappa shape index (κ1) is 26.9. The van der Waals surface area contributed by atoms with E-state index in [1.54, 1.807) is 0 Å². The van der Waals surface area contributed by atoms with Gasteiger partial charge in [-0.25, -0.2) is 0 Å². The summed E-state index contributed by atoms with van der Waals surface area (Å²) in [7, 11) is 0. The Bertz CT molecular complexity index is 2860. The fourth-order valence-electron chi connectivity index (χ4n) is 8.01. The molecule has 0 fully saturated rings. The Morgan fingerprint density at radius 3 is 1.29 bits per heavy atom. The number of rotatable bonds is 3. The molecule has 0 nitrogen and oxygen atoms in total. The summed E-state index contributed by atoms with van der Waals surface area (Å²) >= 11 is 0. The van der Waals surface area contributed by atoms with E-state index in [1.165, 1.54) is 98.0 Å². The summed E-state index contributed by atoms with van der Waals surface area (Å²) in [5.74, 6) is 0. The molecule has 10 aromatic rings. The number of hydrogen-bond donors (Lipinski definition) is 0. The van der Waals surface area contributed by atoms with E-state index in [2.05, 4.69) is 182 Å². The Balaban J connectivity index is 1.21. The van der Waals surface area contributed by atoms with E-state index < -0.39 is 0 Å². The zero-order valence-corrected chi connectivity index (χ0v) is 26.3. The molecular weight excluding hydrogens is 577 g/mol. The molecule has 0 bridgehead atoms. The van der Waals surface area contributed by atoms with Crippen molar-refractivity contribution >= 4 is 64.6 Å². The average Bonchev–Trinajstić information content (AvgIpc) is 3.17. The molecule has 0 N–H and O–H groups in total. The highest BCUT2D eigenvalue weighted by Crippen LogP contribution is 2.44. The van der Waals surface area contributed by atoms with Crippen molar-refractivity contribution in [2.24, 2.45) is 0 Å². The van der Waals surface area contributed by atoms with Crippen LogP contribution < -0.4 is 0 Å². The standard InChI is InChI=1S/C48H30/c1-3-15-36-31(11-1)13-9-21-38(36)33-23-25-34(26-24-33)45-30-47-41-18-6-5-17-40(41)46-29-35(39-22-10-14-32-12-2-4-16-37(32)39)27-28-44(46)48(47)43-20-8-7-19-42(43)45/h1-30H. The molecule has 0 heterocycles. The predicted molar refractivity (Wildman–Crippen MR) is 208 cm³/mol. The molecule has 0 aliphatic rings. The molecule has 0 radical (unpaired) electrons. The van der Waals surface area contributed by atoms with Gasteiger partial charge in [-0.1, -0.05) is 170 Å². The van der Waals surface area contributed by atoms with E-state index in [-0.39, 0.29) is 0 Å². The van der Waals surface area contributed by atoms with E-state index in [0.717, 1.165) is 0 Å². The maximum Gasteiger partial charge on any atom is -0.00199 e. The van der Waals surface area contributed by atoms with Crippen LogP contribution in [0.5, 0.6) is 0 Å². The van der Waals surface area contributed by atoms with Gasteiger partial charge >= 0.3 is 0 Å². The molecule has 0 heteroatoms. The smallest absolute Gasteiger partial charge is 0.00199 e. The second-order valence-electron chi connectivity index (χ2n) is 12.8. The lowest BCUT2D eigenvalue weighted by atomic mass is 9.86. The van der Waals surface area contributed by atoms with Crippen molar-refractivity contribution in [2.45, 2.75) is 0 Å². The van der Waals surface area contributed by atoms with Crippen LogP contribution in [0.2, 0.25) is 0 Å². The van der Waals surface area contributed by atoms with E-state index in [1.807, 2.05) is 0 Å². The summed E-state index contributed by atoms with van der Waals surface area (Å²) in [6.07, 6.45) is 0. The molecule has 0 spiro atoms. The minimum absolute atomic E-state index is 1.23. The van der Waals surface area contributed by atoms with E-state index >= 15 is 0 Å². The molecule has 48 heavy (non-hydrogen) atoms. The SMILES string of the molecule is c1ccc2c(-c3ccc(-c4cc5c6ccccc6c6cc(-c7cccc8ccccc78)ccc6c5c5ccccc45)cc3)cccc2c1. The first-order valence-electron chi connectivity index (χ1n) is 16.7. The molecule has 0 atom stereocenters. The third-order valence-electron chi connectivity index (χ3n) is 10.2. The summed E-state index contributed by atoms with van der Waals surface area (Å²) in [5.41, 5.74) is 7.51. The van der Waals surface area contributed by atoms with Crippen LogP contribution in [0.1, 0.15) is 0 Å². The highest BCUT2D eigenvalue weighted by atomic mass is 14.2. The molecule has 10 aromatic carbocycles. The highest BCUT2D eigenvalue weighted by molar-refractivity contribution is 6.33. The van der Waals surface area contributed by atoms with Gasteiger partial charge in [0.2, 0.25) is 0 Å². The summed E-state index contributed by atoms with van der Waals surface area (Å²) in [5, 5.41) is 15.4. The first-order chi connectivity index (χ1) is 23.8. The van der Waals surface area contributed by atoms with Gasteiger partial charge in [0.15, 0.2) is 0 Å². The van der Waals surface area contributed by atoms with Crippen molar-refractivity contribution in [1.29, 1.82) is 0 Å². The van der Waals surface area contributed by atoms with E-state index in [0.29, 0.717) is 0 Å². The predicted octanol–water partition coefficient (Wildman–Crippen LogP) is 13.6. The normalized spacial score (nSPS) is 11.8. The topological polar surface area (TPSA) is 0 Å². The van der Waals surface area contributed by atoms with E-state index in [4.69, 9.17) is 0 Å². The van der Waals surface area contributed by atoms with Crippen LogP contribution in [0.4, 0.5) is 0 Å².